The summed E-state index contributed by atoms with van der Waals surface area (Å²) in [4.78, 5) is 12.0. The highest BCUT2D eigenvalue weighted by Crippen LogP contribution is 2.10. The van der Waals surface area contributed by atoms with Gasteiger partial charge in [-0.3, -0.25) is 4.79 Å². The van der Waals surface area contributed by atoms with E-state index in [-0.39, 0.29) is 12.1 Å². The highest BCUT2D eigenvalue weighted by molar-refractivity contribution is 6.90. The first-order valence-corrected chi connectivity index (χ1v) is 11.4. The molecule has 0 radical (unpaired) electrons. The summed E-state index contributed by atoms with van der Waals surface area (Å²) in [5.41, 5.74) is 0.612. The molecule has 1 aromatic heterocycles. The third-order valence-corrected chi connectivity index (χ3v) is 5.59. The van der Waals surface area contributed by atoms with Gasteiger partial charge >= 0.3 is 0 Å². The van der Waals surface area contributed by atoms with E-state index >= 15 is 0 Å². The van der Waals surface area contributed by atoms with E-state index < -0.39 is 19.8 Å². The quantitative estimate of drug-likeness (QED) is 0.828. The number of carbonyl (C=O) groups excluding carboxylic acids is 1. The predicted octanol–water partition coefficient (Wildman–Crippen LogP) is 3.27. The summed E-state index contributed by atoms with van der Waals surface area (Å²) in [7, 11) is -1.65. The average Bonchev–Trinajstić information content (AvgIpc) is 2.54. The minimum atomic E-state index is -1.65. The Morgan fingerprint density at radius 3 is 2.48 bits per heavy atom. The molecule has 1 amide bonds. The summed E-state index contributed by atoms with van der Waals surface area (Å²) < 4.78 is 13.5. The van der Waals surface area contributed by atoms with Gasteiger partial charge in [0.15, 0.2) is 5.15 Å². The van der Waals surface area contributed by atoms with Gasteiger partial charge in [0.2, 0.25) is 0 Å². The average molecular weight is 379 g/mol. The van der Waals surface area contributed by atoms with E-state index in [1.165, 1.54) is 25.1 Å². The topological polar surface area (TPSA) is 78.7 Å². The third kappa shape index (κ3) is 6.25. The van der Waals surface area contributed by atoms with E-state index in [1.54, 1.807) is 12.1 Å². The molecule has 0 unspecified atom stereocenters. The maximum atomic E-state index is 13.5. The first-order chi connectivity index (χ1) is 11.7. The minimum Gasteiger partial charge on any atom is -0.346 e. The zero-order chi connectivity index (χ0) is 19.0. The van der Waals surface area contributed by atoms with Crippen molar-refractivity contribution in [2.24, 2.45) is 0 Å². The van der Waals surface area contributed by atoms with Gasteiger partial charge in [0.1, 0.15) is 5.82 Å². The van der Waals surface area contributed by atoms with Crippen molar-refractivity contribution < 1.29 is 9.18 Å². The zero-order valence-corrected chi connectivity index (χ0v) is 16.4. The lowest BCUT2D eigenvalue weighted by Crippen LogP contribution is -2.40. The van der Waals surface area contributed by atoms with Crippen LogP contribution < -0.4 is 10.5 Å². The molecule has 8 heteroatoms. The number of benzene rings is 1. The molecule has 25 heavy (non-hydrogen) atoms. The Morgan fingerprint density at radius 2 is 1.92 bits per heavy atom. The van der Waals surface area contributed by atoms with Crippen LogP contribution in [0.1, 0.15) is 23.0 Å². The molecule has 1 N–H and O–H groups in total. The number of aromatic nitrogens is 2. The Hall–Kier alpha value is -2.30. The SMILES string of the molecule is CC#N.C[Si](C)(C)c1cc(CNC(=O)c2ccccc2F)nnc1Cl. The number of rotatable bonds is 4. The second-order valence-corrected chi connectivity index (χ2v) is 11.6. The predicted molar refractivity (Wildman–Crippen MR) is 98.9 cm³/mol. The second kappa shape index (κ2) is 9.25. The van der Waals surface area contributed by atoms with E-state index in [4.69, 9.17) is 16.9 Å². The molecule has 0 atom stereocenters. The first-order valence-electron chi connectivity index (χ1n) is 7.56. The molecular formula is C17H20ClFN4OSi. The van der Waals surface area contributed by atoms with Crippen molar-refractivity contribution in [2.75, 3.05) is 0 Å². The molecule has 2 rings (SSSR count). The highest BCUT2D eigenvalue weighted by Gasteiger charge is 2.22. The Morgan fingerprint density at radius 1 is 1.32 bits per heavy atom. The monoisotopic (exact) mass is 378 g/mol. The Kier molecular flexibility index (Phi) is 7.67. The number of hydrogen-bond donors (Lipinski definition) is 1. The number of nitrogens with zero attached hydrogens (tertiary/aromatic N) is 3. The molecule has 2 aromatic rings. The van der Waals surface area contributed by atoms with Gasteiger partial charge in [-0.15, -0.1) is 5.10 Å². The van der Waals surface area contributed by atoms with Gasteiger partial charge in [-0.1, -0.05) is 43.4 Å². The molecular weight excluding hydrogens is 359 g/mol. The number of carbonyl (C=O) groups is 1. The van der Waals surface area contributed by atoms with Crippen molar-refractivity contribution in [1.29, 1.82) is 5.26 Å². The fourth-order valence-corrected chi connectivity index (χ4v) is 4.15. The molecule has 0 aliphatic heterocycles. The second-order valence-electron chi connectivity index (χ2n) is 6.18. The number of nitrogens with one attached hydrogen (secondary N) is 1. The van der Waals surface area contributed by atoms with Gasteiger partial charge in [-0.25, -0.2) is 4.39 Å². The van der Waals surface area contributed by atoms with Gasteiger partial charge in [0, 0.05) is 6.92 Å². The van der Waals surface area contributed by atoms with Crippen molar-refractivity contribution in [3.05, 3.63) is 52.6 Å². The fraction of sp³-hybridized carbons (Fsp3) is 0.294. The van der Waals surface area contributed by atoms with Crippen LogP contribution in [-0.4, -0.2) is 24.2 Å². The Balaban J connectivity index is 0.000000970. The smallest absolute Gasteiger partial charge is 0.254 e. The van der Waals surface area contributed by atoms with Crippen LogP contribution in [0.3, 0.4) is 0 Å². The molecule has 132 valence electrons. The summed E-state index contributed by atoms with van der Waals surface area (Å²) >= 11 is 6.08. The molecule has 0 aliphatic carbocycles. The summed E-state index contributed by atoms with van der Waals surface area (Å²) in [6, 6.07) is 9.45. The summed E-state index contributed by atoms with van der Waals surface area (Å²) in [5.74, 6) is -1.03. The largest absolute Gasteiger partial charge is 0.346 e. The van der Waals surface area contributed by atoms with E-state index in [2.05, 4.69) is 35.2 Å². The maximum absolute atomic E-state index is 13.5. The third-order valence-electron chi connectivity index (χ3n) is 3.16. The first kappa shape index (κ1) is 20.7. The van der Waals surface area contributed by atoms with Crippen molar-refractivity contribution >= 4 is 30.8 Å². The summed E-state index contributed by atoms with van der Waals surface area (Å²) in [6.07, 6.45) is 0. The molecule has 1 heterocycles. The summed E-state index contributed by atoms with van der Waals surface area (Å²) in [6.45, 7) is 8.06. The minimum absolute atomic E-state index is 0.00911. The van der Waals surface area contributed by atoms with Crippen LogP contribution in [0, 0.1) is 17.1 Å². The molecule has 0 saturated heterocycles. The molecule has 0 bridgehead atoms. The molecule has 0 aliphatic rings. The lowest BCUT2D eigenvalue weighted by Gasteiger charge is -2.18. The van der Waals surface area contributed by atoms with Gasteiger partial charge in [-0.05, 0) is 23.4 Å². The van der Waals surface area contributed by atoms with Gasteiger partial charge in [0.05, 0.1) is 31.9 Å². The van der Waals surface area contributed by atoms with Crippen molar-refractivity contribution in [3.63, 3.8) is 0 Å². The molecule has 5 nitrogen and oxygen atoms in total. The lowest BCUT2D eigenvalue weighted by molar-refractivity contribution is 0.0946. The van der Waals surface area contributed by atoms with Crippen molar-refractivity contribution in [1.82, 2.24) is 15.5 Å². The molecule has 0 spiro atoms. The standard InChI is InChI=1S/C15H17ClFN3OSi.C2H3N/c1-22(2,3)13-8-10(19-20-14(13)16)9-18-15(21)11-6-4-5-7-12(11)17;1-2-3/h4-8H,9H2,1-3H3,(H,18,21);1H3. The van der Waals surface area contributed by atoms with Crippen LogP contribution in [0.2, 0.25) is 24.8 Å². The van der Waals surface area contributed by atoms with Crippen LogP contribution in [0.4, 0.5) is 4.39 Å². The van der Waals surface area contributed by atoms with Crippen LogP contribution in [0.25, 0.3) is 0 Å². The number of halogens is 2. The van der Waals surface area contributed by atoms with Gasteiger partial charge in [0.25, 0.3) is 5.91 Å². The number of nitriles is 1. The normalized spacial score (nSPS) is 10.3. The maximum Gasteiger partial charge on any atom is 0.254 e. The Labute approximate surface area is 152 Å². The lowest BCUT2D eigenvalue weighted by atomic mass is 10.2. The van der Waals surface area contributed by atoms with E-state index in [1.807, 2.05) is 6.07 Å². The summed E-state index contributed by atoms with van der Waals surface area (Å²) in [5, 5.41) is 19.3. The highest BCUT2D eigenvalue weighted by atomic mass is 35.5. The zero-order valence-electron chi connectivity index (χ0n) is 14.6. The van der Waals surface area contributed by atoms with Gasteiger partial charge in [-0.2, -0.15) is 10.4 Å². The van der Waals surface area contributed by atoms with Crippen LogP contribution in [0.5, 0.6) is 0 Å². The Bertz CT molecular complexity index is 787. The van der Waals surface area contributed by atoms with Crippen LogP contribution in [0.15, 0.2) is 30.3 Å². The molecule has 1 aromatic carbocycles. The number of amides is 1. The fourth-order valence-electron chi connectivity index (χ4n) is 1.94. The molecule has 0 fully saturated rings. The van der Waals surface area contributed by atoms with Crippen molar-refractivity contribution in [3.8, 4) is 6.07 Å². The van der Waals surface area contributed by atoms with E-state index in [0.717, 1.165) is 5.19 Å². The van der Waals surface area contributed by atoms with E-state index in [9.17, 15) is 9.18 Å². The van der Waals surface area contributed by atoms with Crippen molar-refractivity contribution in [2.45, 2.75) is 33.1 Å². The van der Waals surface area contributed by atoms with Gasteiger partial charge < -0.3 is 5.32 Å². The van der Waals surface area contributed by atoms with Crippen LogP contribution >= 0.6 is 11.6 Å². The van der Waals surface area contributed by atoms with E-state index in [0.29, 0.717) is 10.8 Å². The molecule has 0 saturated carbocycles. The number of hydrogen-bond acceptors (Lipinski definition) is 4. The van der Waals surface area contributed by atoms with Crippen LogP contribution in [-0.2, 0) is 6.54 Å².